The van der Waals surface area contributed by atoms with Crippen molar-refractivity contribution in [2.24, 2.45) is 0 Å². The molecule has 0 fully saturated rings. The first kappa shape index (κ1) is 17.5. The van der Waals surface area contributed by atoms with Crippen molar-refractivity contribution < 1.29 is 14.3 Å². The topological polar surface area (TPSA) is 60.5 Å². The van der Waals surface area contributed by atoms with Gasteiger partial charge >= 0.3 is 0 Å². The van der Waals surface area contributed by atoms with E-state index >= 15 is 0 Å². The molecule has 26 heavy (non-hydrogen) atoms. The van der Waals surface area contributed by atoms with Crippen molar-refractivity contribution in [3.8, 4) is 11.5 Å². The van der Waals surface area contributed by atoms with Gasteiger partial charge in [-0.05, 0) is 42.8 Å². The summed E-state index contributed by atoms with van der Waals surface area (Å²) in [6, 6.07) is 15.1. The molecule has 2 aromatic carbocycles. The number of nitrogens with zero attached hydrogens (tertiary/aromatic N) is 1. The molecule has 0 bridgehead atoms. The Kier molecular flexibility index (Phi) is 5.17. The van der Waals surface area contributed by atoms with Crippen LogP contribution in [0, 0.1) is 6.92 Å². The number of aryl methyl sites for hydroxylation is 1. The van der Waals surface area contributed by atoms with Crippen LogP contribution >= 0.6 is 0 Å². The second-order valence-corrected chi connectivity index (χ2v) is 5.77. The Morgan fingerprint density at radius 1 is 1.04 bits per heavy atom. The predicted molar refractivity (Wildman–Crippen MR) is 104 cm³/mol. The highest BCUT2D eigenvalue weighted by Gasteiger charge is 2.06. The first-order valence-corrected chi connectivity index (χ1v) is 8.18. The van der Waals surface area contributed by atoms with Gasteiger partial charge in [0.05, 0.1) is 25.4 Å². The van der Waals surface area contributed by atoms with Crippen LogP contribution in [0.4, 0.5) is 5.69 Å². The summed E-state index contributed by atoms with van der Waals surface area (Å²) in [6.07, 6.45) is 3.22. The monoisotopic (exact) mass is 348 g/mol. The van der Waals surface area contributed by atoms with Gasteiger partial charge in [-0.2, -0.15) is 0 Å². The SMILES string of the molecule is COc1ccc(/C=C\C(=O)Nc2cc(C)nc3ccccc23)cc1OC. The fraction of sp³-hybridized carbons (Fsp3) is 0.143. The van der Waals surface area contributed by atoms with Crippen LogP contribution in [0.3, 0.4) is 0 Å². The number of methoxy groups -OCH3 is 2. The number of ether oxygens (including phenoxy) is 2. The number of pyridine rings is 1. The van der Waals surface area contributed by atoms with Gasteiger partial charge in [-0.1, -0.05) is 24.3 Å². The maximum atomic E-state index is 12.3. The number of benzene rings is 2. The van der Waals surface area contributed by atoms with Gasteiger partial charge < -0.3 is 14.8 Å². The van der Waals surface area contributed by atoms with Crippen LogP contribution in [-0.4, -0.2) is 25.1 Å². The largest absolute Gasteiger partial charge is 0.493 e. The summed E-state index contributed by atoms with van der Waals surface area (Å²) in [7, 11) is 3.16. The smallest absolute Gasteiger partial charge is 0.248 e. The van der Waals surface area contributed by atoms with Gasteiger partial charge in [0.15, 0.2) is 11.5 Å². The fourth-order valence-electron chi connectivity index (χ4n) is 2.71. The summed E-state index contributed by atoms with van der Waals surface area (Å²) in [5.74, 6) is 1.05. The van der Waals surface area contributed by atoms with E-state index in [0.29, 0.717) is 11.5 Å². The Morgan fingerprint density at radius 3 is 2.58 bits per heavy atom. The number of carbonyl (C=O) groups excluding carboxylic acids is 1. The van der Waals surface area contributed by atoms with Crippen LogP contribution in [0.1, 0.15) is 11.3 Å². The second-order valence-electron chi connectivity index (χ2n) is 5.77. The molecule has 0 spiro atoms. The molecule has 132 valence electrons. The Bertz CT molecular complexity index is 980. The highest BCUT2D eigenvalue weighted by Crippen LogP contribution is 2.28. The molecule has 0 unspecified atom stereocenters. The summed E-state index contributed by atoms with van der Waals surface area (Å²) in [5, 5.41) is 3.83. The summed E-state index contributed by atoms with van der Waals surface area (Å²) < 4.78 is 10.5. The molecule has 3 aromatic rings. The molecule has 0 aliphatic rings. The molecule has 0 aliphatic heterocycles. The lowest BCUT2D eigenvalue weighted by Crippen LogP contribution is -2.08. The third-order valence-corrected chi connectivity index (χ3v) is 3.94. The standard InChI is InChI=1S/C21H20N2O3/c1-14-12-18(16-6-4-5-7-17(16)22-14)23-21(24)11-9-15-8-10-19(25-2)20(13-15)26-3/h4-13H,1-3H3,(H,22,23,24)/b11-9-. The average molecular weight is 348 g/mol. The molecule has 0 radical (unpaired) electrons. The Labute approximate surface area is 152 Å². The van der Waals surface area contributed by atoms with Crippen LogP contribution in [0.15, 0.2) is 54.6 Å². The van der Waals surface area contributed by atoms with Crippen molar-refractivity contribution in [3.05, 3.63) is 65.9 Å². The van der Waals surface area contributed by atoms with Crippen LogP contribution in [0.2, 0.25) is 0 Å². The zero-order chi connectivity index (χ0) is 18.5. The number of aromatic nitrogens is 1. The lowest BCUT2D eigenvalue weighted by Gasteiger charge is -2.09. The minimum absolute atomic E-state index is 0.212. The highest BCUT2D eigenvalue weighted by molar-refractivity contribution is 6.07. The third-order valence-electron chi connectivity index (χ3n) is 3.94. The molecule has 1 aromatic heterocycles. The van der Waals surface area contributed by atoms with Crippen molar-refractivity contribution in [1.82, 2.24) is 4.98 Å². The average Bonchev–Trinajstić information content (AvgIpc) is 2.66. The molecule has 0 saturated heterocycles. The van der Waals surface area contributed by atoms with E-state index in [2.05, 4.69) is 10.3 Å². The number of amides is 1. The van der Waals surface area contributed by atoms with Gasteiger partial charge in [0.1, 0.15) is 0 Å². The van der Waals surface area contributed by atoms with Gasteiger partial charge in [-0.3, -0.25) is 9.78 Å². The zero-order valence-corrected chi connectivity index (χ0v) is 14.9. The van der Waals surface area contributed by atoms with E-state index in [1.165, 1.54) is 6.08 Å². The summed E-state index contributed by atoms with van der Waals surface area (Å²) in [5.41, 5.74) is 3.29. The van der Waals surface area contributed by atoms with E-state index in [-0.39, 0.29) is 5.91 Å². The molecule has 0 saturated carbocycles. The van der Waals surface area contributed by atoms with Gasteiger partial charge in [0, 0.05) is 17.2 Å². The van der Waals surface area contributed by atoms with Crippen LogP contribution in [0.5, 0.6) is 11.5 Å². The summed E-state index contributed by atoms with van der Waals surface area (Å²) in [4.78, 5) is 16.8. The minimum atomic E-state index is -0.212. The van der Waals surface area contributed by atoms with Crippen LogP contribution < -0.4 is 14.8 Å². The molecular formula is C21H20N2O3. The maximum Gasteiger partial charge on any atom is 0.248 e. The van der Waals surface area contributed by atoms with E-state index in [4.69, 9.17) is 9.47 Å². The van der Waals surface area contributed by atoms with Crippen molar-refractivity contribution >= 4 is 28.6 Å². The summed E-state index contributed by atoms with van der Waals surface area (Å²) >= 11 is 0. The minimum Gasteiger partial charge on any atom is -0.493 e. The second kappa shape index (κ2) is 7.70. The maximum absolute atomic E-state index is 12.3. The Balaban J connectivity index is 1.80. The lowest BCUT2D eigenvalue weighted by molar-refractivity contribution is -0.111. The number of para-hydroxylation sites is 1. The number of fused-ring (bicyclic) bond motifs is 1. The molecule has 1 amide bonds. The van der Waals surface area contributed by atoms with Gasteiger partial charge in [-0.25, -0.2) is 0 Å². The molecule has 0 atom stereocenters. The number of carbonyl (C=O) groups is 1. The normalized spacial score (nSPS) is 10.9. The van der Waals surface area contributed by atoms with Gasteiger partial charge in [0.25, 0.3) is 0 Å². The van der Waals surface area contributed by atoms with Crippen LogP contribution in [-0.2, 0) is 4.79 Å². The van der Waals surface area contributed by atoms with E-state index in [1.807, 2.05) is 49.4 Å². The van der Waals surface area contributed by atoms with Gasteiger partial charge in [-0.15, -0.1) is 0 Å². The van der Waals surface area contributed by atoms with E-state index in [0.717, 1.165) is 27.8 Å². The number of hydrogen-bond acceptors (Lipinski definition) is 4. The molecule has 1 N–H and O–H groups in total. The number of hydrogen-bond donors (Lipinski definition) is 1. The molecule has 0 aliphatic carbocycles. The van der Waals surface area contributed by atoms with Gasteiger partial charge in [0.2, 0.25) is 5.91 Å². The van der Waals surface area contributed by atoms with Crippen molar-refractivity contribution in [1.29, 1.82) is 0 Å². The third kappa shape index (κ3) is 3.83. The first-order valence-electron chi connectivity index (χ1n) is 8.18. The first-order chi connectivity index (χ1) is 12.6. The molecular weight excluding hydrogens is 328 g/mol. The molecule has 5 nitrogen and oxygen atoms in total. The number of anilines is 1. The number of rotatable bonds is 5. The summed E-state index contributed by atoms with van der Waals surface area (Å²) in [6.45, 7) is 1.90. The van der Waals surface area contributed by atoms with E-state index in [1.54, 1.807) is 26.4 Å². The lowest BCUT2D eigenvalue weighted by atomic mass is 10.1. The Hall–Kier alpha value is -3.34. The predicted octanol–water partition coefficient (Wildman–Crippen LogP) is 4.21. The molecule has 1 heterocycles. The van der Waals surface area contributed by atoms with E-state index < -0.39 is 0 Å². The highest BCUT2D eigenvalue weighted by atomic mass is 16.5. The van der Waals surface area contributed by atoms with E-state index in [9.17, 15) is 4.79 Å². The van der Waals surface area contributed by atoms with Crippen molar-refractivity contribution in [2.75, 3.05) is 19.5 Å². The fourth-order valence-corrected chi connectivity index (χ4v) is 2.71. The van der Waals surface area contributed by atoms with Crippen molar-refractivity contribution in [2.45, 2.75) is 6.92 Å². The van der Waals surface area contributed by atoms with Crippen LogP contribution in [0.25, 0.3) is 17.0 Å². The molecule has 3 rings (SSSR count). The Morgan fingerprint density at radius 2 is 1.81 bits per heavy atom. The number of nitrogens with one attached hydrogen (secondary N) is 1. The quantitative estimate of drug-likeness (QED) is 0.702. The molecule has 5 heteroatoms. The van der Waals surface area contributed by atoms with Crippen molar-refractivity contribution in [3.63, 3.8) is 0 Å². The zero-order valence-electron chi connectivity index (χ0n) is 14.9.